The molecule has 144 valence electrons. The van der Waals surface area contributed by atoms with Crippen LogP contribution in [0.2, 0.25) is 0 Å². The third-order valence-electron chi connectivity index (χ3n) is 4.63. The second-order valence-electron chi connectivity index (χ2n) is 6.77. The summed E-state index contributed by atoms with van der Waals surface area (Å²) in [5.41, 5.74) is 2.92. The largest absolute Gasteiger partial charge is 0.299 e. The number of hydrogen-bond acceptors (Lipinski definition) is 4. The molecule has 0 saturated carbocycles. The zero-order valence-corrected chi connectivity index (χ0v) is 16.4. The van der Waals surface area contributed by atoms with Crippen molar-refractivity contribution in [2.24, 2.45) is 0 Å². The highest BCUT2D eigenvalue weighted by Gasteiger charge is 2.15. The average Bonchev–Trinajstić information content (AvgIpc) is 2.73. The number of rotatable bonds is 9. The van der Waals surface area contributed by atoms with Crippen LogP contribution >= 0.6 is 0 Å². The first-order valence-corrected chi connectivity index (χ1v) is 10.9. The second kappa shape index (κ2) is 9.42. The van der Waals surface area contributed by atoms with E-state index in [9.17, 15) is 13.2 Å². The van der Waals surface area contributed by atoms with Crippen LogP contribution in [0.3, 0.4) is 0 Å². The van der Waals surface area contributed by atoms with Gasteiger partial charge >= 0.3 is 0 Å². The van der Waals surface area contributed by atoms with E-state index >= 15 is 0 Å². The predicted octanol–water partition coefficient (Wildman–Crippen LogP) is 3.84. The smallest absolute Gasteiger partial charge is 0.178 e. The van der Waals surface area contributed by atoms with E-state index in [0.717, 1.165) is 16.7 Å². The first-order chi connectivity index (χ1) is 13.5. The van der Waals surface area contributed by atoms with Crippen molar-refractivity contribution in [3.63, 3.8) is 0 Å². The fourth-order valence-corrected chi connectivity index (χ4v) is 4.27. The molecule has 2 aromatic carbocycles. The maximum absolute atomic E-state index is 12.5. The number of Topliss-reactive ketones (excluding diaryl/α,β-unsaturated/α-hetero) is 1. The number of benzene rings is 2. The molecule has 0 fully saturated rings. The molecule has 0 aliphatic rings. The van der Waals surface area contributed by atoms with E-state index in [2.05, 4.69) is 4.98 Å². The van der Waals surface area contributed by atoms with Crippen molar-refractivity contribution in [2.45, 2.75) is 30.6 Å². The van der Waals surface area contributed by atoms with Crippen molar-refractivity contribution in [3.8, 4) is 0 Å². The minimum Gasteiger partial charge on any atom is -0.299 e. The van der Waals surface area contributed by atoms with Gasteiger partial charge in [0.2, 0.25) is 0 Å². The van der Waals surface area contributed by atoms with E-state index in [1.54, 1.807) is 36.7 Å². The minimum atomic E-state index is -3.34. The molecule has 0 N–H and O–H groups in total. The van der Waals surface area contributed by atoms with Crippen LogP contribution < -0.4 is 0 Å². The number of ketones is 1. The van der Waals surface area contributed by atoms with Crippen LogP contribution in [-0.4, -0.2) is 24.9 Å². The molecule has 0 radical (unpaired) electrons. The molecule has 28 heavy (non-hydrogen) atoms. The number of aromatic nitrogens is 1. The van der Waals surface area contributed by atoms with Gasteiger partial charge in [-0.2, -0.15) is 0 Å². The molecule has 0 aliphatic heterocycles. The Labute approximate surface area is 166 Å². The third kappa shape index (κ3) is 5.86. The topological polar surface area (TPSA) is 64.1 Å². The number of carbonyl (C=O) groups is 1. The monoisotopic (exact) mass is 393 g/mol. The van der Waals surface area contributed by atoms with Gasteiger partial charge < -0.3 is 0 Å². The van der Waals surface area contributed by atoms with Crippen molar-refractivity contribution < 1.29 is 13.2 Å². The molecule has 5 heteroatoms. The van der Waals surface area contributed by atoms with Crippen molar-refractivity contribution in [2.75, 3.05) is 5.75 Å². The molecule has 1 aromatic heterocycles. The summed E-state index contributed by atoms with van der Waals surface area (Å²) in [5, 5.41) is 0. The fraction of sp³-hybridized carbons (Fsp3) is 0.217. The summed E-state index contributed by atoms with van der Waals surface area (Å²) in [5.74, 6) is 0.206. The van der Waals surface area contributed by atoms with Gasteiger partial charge in [-0.1, -0.05) is 42.5 Å². The summed E-state index contributed by atoms with van der Waals surface area (Å²) in [6, 6.07) is 20.1. The van der Waals surface area contributed by atoms with Gasteiger partial charge in [-0.3, -0.25) is 9.78 Å². The lowest BCUT2D eigenvalue weighted by Gasteiger charge is -2.07. The van der Waals surface area contributed by atoms with Gasteiger partial charge in [-0.05, 0) is 53.8 Å². The summed E-state index contributed by atoms with van der Waals surface area (Å²) in [4.78, 5) is 16.5. The summed E-state index contributed by atoms with van der Waals surface area (Å²) in [6.45, 7) is 0. The second-order valence-corrected chi connectivity index (χ2v) is 8.88. The van der Waals surface area contributed by atoms with Gasteiger partial charge in [-0.15, -0.1) is 0 Å². The van der Waals surface area contributed by atoms with Gasteiger partial charge in [0.05, 0.1) is 10.6 Å². The molecule has 0 unspecified atom stereocenters. The first-order valence-electron chi connectivity index (χ1n) is 9.29. The Morgan fingerprint density at radius 2 is 1.39 bits per heavy atom. The minimum absolute atomic E-state index is 0.0707. The van der Waals surface area contributed by atoms with Gasteiger partial charge in [0, 0.05) is 25.2 Å². The number of nitrogens with zero attached hydrogens (tertiary/aromatic N) is 1. The van der Waals surface area contributed by atoms with Crippen LogP contribution in [0.15, 0.2) is 84.0 Å². The lowest BCUT2D eigenvalue weighted by atomic mass is 10.0. The molecular formula is C23H23NO3S. The number of hydrogen-bond donors (Lipinski definition) is 0. The highest BCUT2D eigenvalue weighted by molar-refractivity contribution is 7.91. The lowest BCUT2D eigenvalue weighted by Crippen LogP contribution is -2.10. The molecule has 0 amide bonds. The van der Waals surface area contributed by atoms with Crippen LogP contribution in [0.25, 0.3) is 0 Å². The van der Waals surface area contributed by atoms with E-state index in [1.165, 1.54) is 0 Å². The van der Waals surface area contributed by atoms with E-state index < -0.39 is 9.84 Å². The molecule has 3 aromatic rings. The molecule has 0 spiro atoms. The zero-order chi connectivity index (χ0) is 19.8. The van der Waals surface area contributed by atoms with Crippen molar-refractivity contribution in [1.29, 1.82) is 0 Å². The van der Waals surface area contributed by atoms with E-state index in [0.29, 0.717) is 30.6 Å². The Bertz CT molecular complexity index is 999. The number of carbonyl (C=O) groups excluding carboxylic acids is 1. The van der Waals surface area contributed by atoms with Crippen LogP contribution in [0.4, 0.5) is 0 Å². The van der Waals surface area contributed by atoms with Crippen molar-refractivity contribution >= 4 is 15.6 Å². The number of pyridine rings is 1. The number of sulfone groups is 1. The maximum atomic E-state index is 12.5. The summed E-state index contributed by atoms with van der Waals surface area (Å²) in [7, 11) is -3.34. The van der Waals surface area contributed by atoms with Crippen molar-refractivity contribution in [1.82, 2.24) is 4.98 Å². The quantitative estimate of drug-likeness (QED) is 0.554. The molecule has 3 rings (SSSR count). The zero-order valence-electron chi connectivity index (χ0n) is 15.6. The first kappa shape index (κ1) is 20.0. The maximum Gasteiger partial charge on any atom is 0.178 e. The Morgan fingerprint density at radius 1 is 0.750 bits per heavy atom. The highest BCUT2D eigenvalue weighted by Crippen LogP contribution is 2.15. The van der Waals surface area contributed by atoms with Crippen LogP contribution in [0, 0.1) is 0 Å². The summed E-state index contributed by atoms with van der Waals surface area (Å²) < 4.78 is 25.1. The Kier molecular flexibility index (Phi) is 6.71. The Hall–Kier alpha value is -2.79. The third-order valence-corrected chi connectivity index (χ3v) is 6.36. The Balaban J connectivity index is 1.54. The molecule has 1 heterocycles. The standard InChI is InChI=1S/C23H23NO3S/c25-22(9-6-20-12-15-24-16-13-20)18-21-7-10-23(11-8-21)28(26,27)17-14-19-4-2-1-3-5-19/h1-5,7-8,10-13,15-16H,6,9,14,17-18H2. The van der Waals surface area contributed by atoms with Gasteiger partial charge in [0.15, 0.2) is 9.84 Å². The fourth-order valence-electron chi connectivity index (χ4n) is 2.98. The molecular weight excluding hydrogens is 370 g/mol. The van der Waals surface area contributed by atoms with Crippen molar-refractivity contribution in [3.05, 3.63) is 95.8 Å². The van der Waals surface area contributed by atoms with Gasteiger partial charge in [0.25, 0.3) is 0 Å². The Morgan fingerprint density at radius 3 is 2.07 bits per heavy atom. The summed E-state index contributed by atoms with van der Waals surface area (Å²) in [6.07, 6.45) is 5.38. The van der Waals surface area contributed by atoms with Crippen LogP contribution in [0.5, 0.6) is 0 Å². The normalized spacial score (nSPS) is 11.3. The molecule has 4 nitrogen and oxygen atoms in total. The lowest BCUT2D eigenvalue weighted by molar-refractivity contribution is -0.118. The van der Waals surface area contributed by atoms with Gasteiger partial charge in [0.1, 0.15) is 5.78 Å². The molecule has 0 bridgehead atoms. The molecule has 0 aliphatic carbocycles. The SMILES string of the molecule is O=C(CCc1ccncc1)Cc1ccc(S(=O)(=O)CCc2ccccc2)cc1. The average molecular weight is 394 g/mol. The van der Waals surface area contributed by atoms with E-state index in [1.807, 2.05) is 42.5 Å². The molecule has 0 atom stereocenters. The number of aryl methyl sites for hydroxylation is 2. The predicted molar refractivity (Wildman–Crippen MR) is 110 cm³/mol. The van der Waals surface area contributed by atoms with Crippen LogP contribution in [-0.2, 0) is 33.9 Å². The molecule has 0 saturated heterocycles. The highest BCUT2D eigenvalue weighted by atomic mass is 32.2. The van der Waals surface area contributed by atoms with Crippen LogP contribution in [0.1, 0.15) is 23.1 Å². The van der Waals surface area contributed by atoms with Gasteiger partial charge in [-0.25, -0.2) is 8.42 Å². The summed E-state index contributed by atoms with van der Waals surface area (Å²) >= 11 is 0. The van der Waals surface area contributed by atoms with E-state index in [4.69, 9.17) is 0 Å². The van der Waals surface area contributed by atoms with E-state index in [-0.39, 0.29) is 11.5 Å².